The minimum atomic E-state index is -0.334. The Bertz CT molecular complexity index is 630. The van der Waals surface area contributed by atoms with Crippen molar-refractivity contribution in [3.63, 3.8) is 0 Å². The van der Waals surface area contributed by atoms with Gasteiger partial charge in [0.05, 0.1) is 23.8 Å². The van der Waals surface area contributed by atoms with E-state index in [1.807, 2.05) is 29.7 Å². The molecule has 0 fully saturated rings. The Kier molecular flexibility index (Phi) is 2.48. The molecular formula is C13H14N2O3. The molecule has 5 heteroatoms. The fourth-order valence-electron chi connectivity index (χ4n) is 2.27. The number of fused-ring (bicyclic) bond motifs is 1. The smallest absolute Gasteiger partial charge is 0.184 e. The molecule has 1 aromatic heterocycles. The van der Waals surface area contributed by atoms with Crippen LogP contribution in [-0.4, -0.2) is 26.4 Å². The topological polar surface area (TPSA) is 67.5 Å². The van der Waals surface area contributed by atoms with E-state index < -0.39 is 0 Å². The Hall–Kier alpha value is -2.01. The van der Waals surface area contributed by atoms with E-state index >= 15 is 0 Å². The first kappa shape index (κ1) is 11.1. The number of aromatic nitrogens is 2. The number of hydrogen-bond donors (Lipinski definition) is 2. The molecule has 0 saturated carbocycles. The van der Waals surface area contributed by atoms with Gasteiger partial charge in [-0.15, -0.1) is 0 Å². The fourth-order valence-corrected chi connectivity index (χ4v) is 2.27. The number of nitrogens with zero attached hydrogens (tertiary/aromatic N) is 2. The summed E-state index contributed by atoms with van der Waals surface area (Å²) in [5, 5.41) is 18.7. The van der Waals surface area contributed by atoms with Crippen LogP contribution in [0.4, 0.5) is 0 Å². The average Bonchev–Trinajstić information content (AvgIpc) is 2.93. The zero-order valence-corrected chi connectivity index (χ0v) is 10.00. The lowest BCUT2D eigenvalue weighted by atomic mass is 10.2. The number of aliphatic hydroxyl groups excluding tert-OH is 2. The Labute approximate surface area is 104 Å². The molecule has 5 nitrogen and oxygen atoms in total. The van der Waals surface area contributed by atoms with Crippen molar-refractivity contribution in [3.05, 3.63) is 41.6 Å². The summed E-state index contributed by atoms with van der Waals surface area (Å²) >= 11 is 0. The summed E-state index contributed by atoms with van der Waals surface area (Å²) in [7, 11) is 0. The first-order chi connectivity index (χ1) is 8.70. The van der Waals surface area contributed by atoms with Crippen LogP contribution in [0, 0.1) is 6.92 Å². The number of ether oxygens (including phenoxy) is 1. The quantitative estimate of drug-likeness (QED) is 0.850. The molecule has 0 amide bonds. The second-order valence-corrected chi connectivity index (χ2v) is 4.40. The van der Waals surface area contributed by atoms with E-state index in [1.54, 1.807) is 6.33 Å². The van der Waals surface area contributed by atoms with Crippen LogP contribution in [0.15, 0.2) is 36.0 Å². The van der Waals surface area contributed by atoms with Crippen molar-refractivity contribution in [2.24, 2.45) is 0 Å². The molecule has 0 saturated heterocycles. The van der Waals surface area contributed by atoms with Gasteiger partial charge in [-0.3, -0.25) is 4.57 Å². The zero-order valence-electron chi connectivity index (χ0n) is 10.00. The number of aliphatic hydroxyl groups is 2. The number of para-hydroxylation sites is 1. The highest BCUT2D eigenvalue weighted by Gasteiger charge is 2.27. The van der Waals surface area contributed by atoms with Crippen molar-refractivity contribution < 1.29 is 14.9 Å². The molecule has 1 aromatic carbocycles. The van der Waals surface area contributed by atoms with Crippen molar-refractivity contribution in [3.8, 4) is 0 Å². The molecule has 1 aliphatic rings. The summed E-state index contributed by atoms with van der Waals surface area (Å²) in [6.07, 6.45) is 1.73. The monoisotopic (exact) mass is 246 g/mol. The number of rotatable bonds is 2. The van der Waals surface area contributed by atoms with E-state index in [0.29, 0.717) is 6.42 Å². The lowest BCUT2D eigenvalue weighted by Crippen LogP contribution is -2.07. The van der Waals surface area contributed by atoms with Gasteiger partial charge in [0.2, 0.25) is 0 Å². The van der Waals surface area contributed by atoms with Gasteiger partial charge in [0.25, 0.3) is 0 Å². The third-order valence-electron chi connectivity index (χ3n) is 3.23. The number of imidazole rings is 1. The maximum absolute atomic E-state index is 9.65. The minimum absolute atomic E-state index is 0.108. The third kappa shape index (κ3) is 1.55. The highest BCUT2D eigenvalue weighted by atomic mass is 16.5. The van der Waals surface area contributed by atoms with Gasteiger partial charge in [0, 0.05) is 0 Å². The van der Waals surface area contributed by atoms with Gasteiger partial charge in [-0.2, -0.15) is 0 Å². The lowest BCUT2D eigenvalue weighted by molar-refractivity contribution is 0.0660. The van der Waals surface area contributed by atoms with E-state index in [1.165, 1.54) is 0 Å². The van der Waals surface area contributed by atoms with Gasteiger partial charge in [-0.25, -0.2) is 4.98 Å². The van der Waals surface area contributed by atoms with Crippen LogP contribution in [-0.2, 0) is 4.74 Å². The highest BCUT2D eigenvalue weighted by molar-refractivity contribution is 5.78. The van der Waals surface area contributed by atoms with Crippen LogP contribution in [0.25, 0.3) is 11.0 Å². The first-order valence-corrected chi connectivity index (χ1v) is 5.81. The van der Waals surface area contributed by atoms with Crippen LogP contribution in [0.5, 0.6) is 0 Å². The van der Waals surface area contributed by atoms with Crippen molar-refractivity contribution in [2.75, 3.05) is 6.61 Å². The molecule has 2 N–H and O–H groups in total. The van der Waals surface area contributed by atoms with Gasteiger partial charge in [0.15, 0.2) is 12.0 Å². The molecule has 0 aliphatic carbocycles. The number of aryl methyl sites for hydroxylation is 1. The van der Waals surface area contributed by atoms with Crippen molar-refractivity contribution in [2.45, 2.75) is 19.6 Å². The molecule has 94 valence electrons. The highest BCUT2D eigenvalue weighted by Crippen LogP contribution is 2.32. The second kappa shape index (κ2) is 4.03. The Morgan fingerprint density at radius 3 is 3.06 bits per heavy atom. The maximum Gasteiger partial charge on any atom is 0.184 e. The first-order valence-electron chi connectivity index (χ1n) is 5.81. The maximum atomic E-state index is 9.65. The molecular weight excluding hydrogens is 232 g/mol. The zero-order chi connectivity index (χ0) is 12.7. The summed E-state index contributed by atoms with van der Waals surface area (Å²) in [6, 6.07) is 5.93. The Morgan fingerprint density at radius 2 is 2.33 bits per heavy atom. The standard InChI is InChI=1S/C13H14N2O3/c1-8-3-2-4-9-13(8)14-7-15(9)12-5-10(17)11(6-16)18-12/h2-4,7,12,16-17H,5-6H2,1H3/t12-/m1/s1. The summed E-state index contributed by atoms with van der Waals surface area (Å²) in [6.45, 7) is 1.72. The van der Waals surface area contributed by atoms with Gasteiger partial charge in [-0.1, -0.05) is 12.1 Å². The molecule has 2 heterocycles. The van der Waals surface area contributed by atoms with Gasteiger partial charge in [-0.05, 0) is 18.6 Å². The summed E-state index contributed by atoms with van der Waals surface area (Å²) < 4.78 is 7.39. The van der Waals surface area contributed by atoms with E-state index in [4.69, 9.17) is 9.84 Å². The predicted molar refractivity (Wildman–Crippen MR) is 65.9 cm³/mol. The van der Waals surface area contributed by atoms with Crippen LogP contribution in [0.2, 0.25) is 0 Å². The molecule has 18 heavy (non-hydrogen) atoms. The van der Waals surface area contributed by atoms with Crippen molar-refractivity contribution in [1.29, 1.82) is 0 Å². The van der Waals surface area contributed by atoms with E-state index in [0.717, 1.165) is 16.6 Å². The van der Waals surface area contributed by atoms with Crippen LogP contribution >= 0.6 is 0 Å². The molecule has 0 unspecified atom stereocenters. The Morgan fingerprint density at radius 1 is 1.50 bits per heavy atom. The molecule has 1 aliphatic heterocycles. The molecule has 0 radical (unpaired) electrons. The van der Waals surface area contributed by atoms with Crippen molar-refractivity contribution >= 4 is 11.0 Å². The normalized spacial score (nSPS) is 19.6. The number of hydrogen-bond acceptors (Lipinski definition) is 4. The molecule has 1 atom stereocenters. The van der Waals surface area contributed by atoms with Gasteiger partial charge >= 0.3 is 0 Å². The van der Waals surface area contributed by atoms with Crippen LogP contribution < -0.4 is 0 Å². The molecule has 0 spiro atoms. The number of benzene rings is 1. The molecule has 0 bridgehead atoms. The average molecular weight is 246 g/mol. The van der Waals surface area contributed by atoms with E-state index in [9.17, 15) is 5.11 Å². The Balaban J connectivity index is 2.00. The van der Waals surface area contributed by atoms with Gasteiger partial charge in [0.1, 0.15) is 12.4 Å². The summed E-state index contributed by atoms with van der Waals surface area (Å²) in [4.78, 5) is 4.36. The SMILES string of the molecule is Cc1cccc2c1ncn2[C@H]1CC(O)=C(CO)O1. The fraction of sp³-hybridized carbons (Fsp3) is 0.308. The second-order valence-electron chi connectivity index (χ2n) is 4.40. The van der Waals surface area contributed by atoms with Gasteiger partial charge < -0.3 is 14.9 Å². The third-order valence-corrected chi connectivity index (χ3v) is 3.23. The van der Waals surface area contributed by atoms with E-state index in [2.05, 4.69) is 4.98 Å². The molecule has 2 aromatic rings. The minimum Gasteiger partial charge on any atom is -0.508 e. The summed E-state index contributed by atoms with van der Waals surface area (Å²) in [5.41, 5.74) is 2.99. The van der Waals surface area contributed by atoms with Crippen LogP contribution in [0.1, 0.15) is 18.2 Å². The molecule has 3 rings (SSSR count). The predicted octanol–water partition coefficient (Wildman–Crippen LogP) is 2.03. The lowest BCUT2D eigenvalue weighted by Gasteiger charge is -2.14. The van der Waals surface area contributed by atoms with E-state index in [-0.39, 0.29) is 24.4 Å². The van der Waals surface area contributed by atoms with Crippen LogP contribution in [0.3, 0.4) is 0 Å². The van der Waals surface area contributed by atoms with Crippen molar-refractivity contribution in [1.82, 2.24) is 9.55 Å². The largest absolute Gasteiger partial charge is 0.508 e. The summed E-state index contributed by atoms with van der Waals surface area (Å²) in [5.74, 6) is 0.353.